The van der Waals surface area contributed by atoms with Gasteiger partial charge in [-0.1, -0.05) is 58.9 Å². The van der Waals surface area contributed by atoms with Gasteiger partial charge >= 0.3 is 0 Å². The van der Waals surface area contributed by atoms with Gasteiger partial charge in [0.05, 0.1) is 65.3 Å². The summed E-state index contributed by atoms with van der Waals surface area (Å²) in [5.41, 5.74) is 13.9. The van der Waals surface area contributed by atoms with Crippen molar-refractivity contribution in [3.8, 4) is 45.3 Å². The van der Waals surface area contributed by atoms with Crippen LogP contribution in [-0.4, -0.2) is 101 Å². The Morgan fingerprint density at radius 1 is 0.894 bits per heavy atom. The van der Waals surface area contributed by atoms with E-state index in [1.165, 1.54) is 7.11 Å². The molecule has 0 spiro atoms. The molecule has 2 fully saturated rings. The first-order valence-corrected chi connectivity index (χ1v) is 23.6. The van der Waals surface area contributed by atoms with Crippen molar-refractivity contribution in [1.29, 1.82) is 0 Å². The van der Waals surface area contributed by atoms with Crippen LogP contribution >= 0.6 is 0 Å². The second kappa shape index (κ2) is 19.0. The second-order valence-corrected chi connectivity index (χ2v) is 18.9. The summed E-state index contributed by atoms with van der Waals surface area (Å²) in [5.74, 6) is 3.13. The van der Waals surface area contributed by atoms with E-state index in [2.05, 4.69) is 93.2 Å². The number of hydrogen-bond acceptors (Lipinski definition) is 11. The predicted octanol–water partition coefficient (Wildman–Crippen LogP) is 7.84. The van der Waals surface area contributed by atoms with E-state index in [4.69, 9.17) is 29.9 Å². The van der Waals surface area contributed by atoms with E-state index in [-0.39, 0.29) is 35.9 Å². The van der Waals surface area contributed by atoms with Crippen LogP contribution in [0.3, 0.4) is 0 Å². The van der Waals surface area contributed by atoms with E-state index in [1.807, 2.05) is 57.1 Å². The molecule has 2 saturated heterocycles. The zero-order chi connectivity index (χ0) is 46.4. The fourth-order valence-electron chi connectivity index (χ4n) is 9.87. The minimum absolute atomic E-state index is 0.0316. The van der Waals surface area contributed by atoms with Gasteiger partial charge < -0.3 is 49.6 Å². The Kier molecular flexibility index (Phi) is 13.1. The number of hydrogen-bond donors (Lipinski definition) is 6. The van der Waals surface area contributed by atoms with E-state index >= 15 is 0 Å². The molecule has 350 valence electrons. The maximum atomic E-state index is 13.4. The summed E-state index contributed by atoms with van der Waals surface area (Å²) >= 11 is 0. The highest BCUT2D eigenvalue weighted by Gasteiger charge is 2.39. The highest BCUT2D eigenvalue weighted by Crippen LogP contribution is 2.47. The summed E-state index contributed by atoms with van der Waals surface area (Å²) in [6.07, 6.45) is 5.61. The van der Waals surface area contributed by atoms with Gasteiger partial charge in [-0.25, -0.2) is 9.97 Å². The fraction of sp³-hybridized carbons (Fsp3) is 0.471. The van der Waals surface area contributed by atoms with Crippen molar-refractivity contribution >= 4 is 16.8 Å². The Morgan fingerprint density at radius 3 is 2.30 bits per heavy atom. The largest absolute Gasteiger partial charge is 0.491 e. The molecule has 7 N–H and O–H groups in total. The minimum Gasteiger partial charge on any atom is -0.491 e. The first kappa shape index (κ1) is 45.6. The number of imidazole rings is 2. The Balaban J connectivity index is 1.04. The molecule has 0 aliphatic carbocycles. The molecule has 15 heteroatoms. The number of benzene rings is 3. The van der Waals surface area contributed by atoms with Gasteiger partial charge in [-0.2, -0.15) is 0 Å². The van der Waals surface area contributed by atoms with E-state index in [1.54, 1.807) is 0 Å². The number of H-pyrrole nitrogens is 2. The molecule has 8 atom stereocenters. The number of aliphatic hydroxyl groups excluding tert-OH is 2. The molecule has 66 heavy (non-hydrogen) atoms. The van der Waals surface area contributed by atoms with Crippen molar-refractivity contribution < 1.29 is 29.2 Å². The van der Waals surface area contributed by atoms with Crippen molar-refractivity contribution in [3.05, 3.63) is 96.3 Å². The fourth-order valence-corrected chi connectivity index (χ4v) is 9.87. The summed E-state index contributed by atoms with van der Waals surface area (Å²) in [5, 5.41) is 25.9. The Labute approximate surface area is 386 Å². The normalized spacial score (nSPS) is 20.9. The number of likely N-dealkylation sites (tertiary alicyclic amines) is 2. The highest BCUT2D eigenvalue weighted by atomic mass is 16.6. The molecule has 6 heterocycles. The third-order valence-electron chi connectivity index (χ3n) is 13.8. The lowest BCUT2D eigenvalue weighted by Gasteiger charge is -2.37. The van der Waals surface area contributed by atoms with Crippen molar-refractivity contribution in [1.82, 2.24) is 39.6 Å². The van der Waals surface area contributed by atoms with Crippen molar-refractivity contribution in [2.75, 3.05) is 20.2 Å². The van der Waals surface area contributed by atoms with Gasteiger partial charge in [0, 0.05) is 47.8 Å². The molecule has 0 radical (unpaired) electrons. The van der Waals surface area contributed by atoms with Crippen LogP contribution < -0.4 is 20.5 Å². The van der Waals surface area contributed by atoms with Crippen LogP contribution in [0.2, 0.25) is 0 Å². The number of amides is 1. The summed E-state index contributed by atoms with van der Waals surface area (Å²) < 4.78 is 20.7. The topological polar surface area (TPSA) is 192 Å². The number of fused-ring (bicyclic) bond motifs is 5. The molecule has 3 aliphatic rings. The molecule has 15 nitrogen and oxygen atoms in total. The summed E-state index contributed by atoms with van der Waals surface area (Å²) in [6, 6.07) is 21.9. The van der Waals surface area contributed by atoms with Crippen molar-refractivity contribution in [2.45, 2.75) is 123 Å². The second-order valence-electron chi connectivity index (χ2n) is 18.9. The number of rotatable bonds is 16. The van der Waals surface area contributed by atoms with Gasteiger partial charge in [0.25, 0.3) is 0 Å². The monoisotopic (exact) mass is 900 g/mol. The SMILES string of the molecule is CCC(C)Oc1cccc(C2Oc3cc(-c4cnc(C5CCCN5C(=O)C(N)C(C)C)[nH]4)ccc3-c3cc4cc(-c5cnc(C6CCCN6C(O)C(NC(O)OC)C(C)C)[nH]5)ccc4n32)c1. The average molecular weight is 900 g/mol. The third-order valence-corrected chi connectivity index (χ3v) is 13.8. The highest BCUT2D eigenvalue weighted by molar-refractivity contribution is 5.92. The van der Waals surface area contributed by atoms with Gasteiger partial charge in [-0.15, -0.1) is 0 Å². The molecule has 0 bridgehead atoms. The van der Waals surface area contributed by atoms with Crippen LogP contribution in [-0.2, 0) is 9.53 Å². The number of ether oxygens (including phenoxy) is 3. The molecule has 6 aromatic rings. The molecular weight excluding hydrogens is 835 g/mol. The number of nitrogens with two attached hydrogens (primary N) is 1. The molecule has 0 saturated carbocycles. The number of carbonyl (C=O) groups is 1. The molecule has 8 unspecified atom stereocenters. The van der Waals surface area contributed by atoms with Crippen molar-refractivity contribution in [2.24, 2.45) is 17.6 Å². The Bertz CT molecular complexity index is 2650. The number of aromatic nitrogens is 5. The Hall–Kier alpha value is -5.55. The summed E-state index contributed by atoms with van der Waals surface area (Å²) in [6.45, 7) is 13.5. The van der Waals surface area contributed by atoms with Gasteiger partial charge in [-0.05, 0) is 93.3 Å². The number of aromatic amines is 2. The van der Waals surface area contributed by atoms with Crippen molar-refractivity contribution in [3.63, 3.8) is 0 Å². The smallest absolute Gasteiger partial charge is 0.240 e. The Morgan fingerprint density at radius 2 is 1.59 bits per heavy atom. The zero-order valence-corrected chi connectivity index (χ0v) is 39.1. The zero-order valence-electron chi connectivity index (χ0n) is 39.1. The number of nitrogens with one attached hydrogen (secondary N) is 3. The van der Waals surface area contributed by atoms with E-state index in [0.717, 1.165) is 105 Å². The lowest BCUT2D eigenvalue weighted by molar-refractivity contribution is -0.134. The minimum atomic E-state index is -1.18. The molecule has 3 aliphatic heterocycles. The number of aliphatic hydroxyl groups is 2. The number of carbonyl (C=O) groups excluding carboxylic acids is 1. The van der Waals surface area contributed by atoms with E-state index in [9.17, 15) is 15.0 Å². The van der Waals surface area contributed by atoms with Crippen LogP contribution in [0.5, 0.6) is 11.5 Å². The molecular formula is C51H65N9O6. The van der Waals surface area contributed by atoms with E-state index < -0.39 is 31.0 Å². The quantitative estimate of drug-likeness (QED) is 0.0519. The average Bonchev–Trinajstić information content (AvgIpc) is 4.18. The lowest BCUT2D eigenvalue weighted by atomic mass is 10.0. The van der Waals surface area contributed by atoms with Crippen LogP contribution in [0.1, 0.15) is 109 Å². The van der Waals surface area contributed by atoms with Gasteiger partial charge in [0.1, 0.15) is 29.4 Å². The number of nitrogens with zero attached hydrogens (tertiary/aromatic N) is 5. The first-order valence-electron chi connectivity index (χ1n) is 23.6. The summed E-state index contributed by atoms with van der Waals surface area (Å²) in [7, 11) is 1.43. The maximum Gasteiger partial charge on any atom is 0.240 e. The molecule has 3 aromatic heterocycles. The third kappa shape index (κ3) is 8.75. The van der Waals surface area contributed by atoms with Gasteiger partial charge in [0.15, 0.2) is 0 Å². The predicted molar refractivity (Wildman–Crippen MR) is 254 cm³/mol. The van der Waals surface area contributed by atoms with Gasteiger partial charge in [-0.3, -0.25) is 15.0 Å². The van der Waals surface area contributed by atoms with Gasteiger partial charge in [0.2, 0.25) is 18.5 Å². The molecule has 1 amide bonds. The summed E-state index contributed by atoms with van der Waals surface area (Å²) in [4.78, 5) is 34.1. The lowest BCUT2D eigenvalue weighted by Crippen LogP contribution is -2.55. The van der Waals surface area contributed by atoms with Crippen LogP contribution in [0, 0.1) is 11.8 Å². The van der Waals surface area contributed by atoms with E-state index in [0.29, 0.717) is 13.1 Å². The van der Waals surface area contributed by atoms with Crippen LogP contribution in [0.4, 0.5) is 0 Å². The molecule has 9 rings (SSSR count). The van der Waals surface area contributed by atoms with Crippen LogP contribution in [0.25, 0.3) is 44.7 Å². The van der Waals surface area contributed by atoms with Crippen LogP contribution in [0.15, 0.2) is 79.1 Å². The first-order chi connectivity index (χ1) is 31.8. The molecule has 3 aromatic carbocycles. The number of methoxy groups -OCH3 is 1. The maximum absolute atomic E-state index is 13.4. The standard InChI is InChI=1S/C51H65N9O6/c1-8-30(6)65-35-13-9-12-33(23-35)50-60-39-19-17-31(37-26-53-47(55-37)41-15-11-21-59(41)49(62)45(29(4)5)57-51(63)64-7)22-34(39)24-42(60)36-18-16-32(25-43(36)66-50)38-27-54-46(56-38)40-14-10-20-58(40)48(61)44(52)28(2)3/h9,12-13,16-19,22-30,40-41,44-45,49-51,57,62-63H,8,10-11,14-15,20-21,52H2,1-7H3,(H,53,55)(H,54,56).